The summed E-state index contributed by atoms with van der Waals surface area (Å²) in [6.45, 7) is 2.51. The fraction of sp³-hybridized carbons (Fsp3) is 0.357. The third-order valence-corrected chi connectivity index (χ3v) is 2.76. The number of hydrogen-bond acceptors (Lipinski definition) is 5. The molecule has 1 aromatic heterocycles. The molecule has 0 fully saturated rings. The SMILES string of the molecule is CCNC(=O)CCc1nc(-c2ccc(OC)cc2)no1. The lowest BCUT2D eigenvalue weighted by Crippen LogP contribution is -2.22. The van der Waals surface area contributed by atoms with E-state index in [4.69, 9.17) is 9.26 Å². The summed E-state index contributed by atoms with van der Waals surface area (Å²) in [5.41, 5.74) is 0.846. The number of methoxy groups -OCH3 is 1. The average Bonchev–Trinajstić information content (AvgIpc) is 2.94. The Balaban J connectivity index is 1.99. The summed E-state index contributed by atoms with van der Waals surface area (Å²) in [6.07, 6.45) is 0.785. The Kier molecular flexibility index (Phi) is 4.70. The first-order valence-corrected chi connectivity index (χ1v) is 6.46. The van der Waals surface area contributed by atoms with Gasteiger partial charge in [-0.1, -0.05) is 5.16 Å². The Morgan fingerprint density at radius 3 is 2.75 bits per heavy atom. The lowest BCUT2D eigenvalue weighted by Gasteiger charge is -1.99. The maximum Gasteiger partial charge on any atom is 0.227 e. The van der Waals surface area contributed by atoms with Crippen LogP contribution in [0.3, 0.4) is 0 Å². The minimum Gasteiger partial charge on any atom is -0.497 e. The highest BCUT2D eigenvalue weighted by atomic mass is 16.5. The van der Waals surface area contributed by atoms with Gasteiger partial charge in [0, 0.05) is 24.9 Å². The fourth-order valence-corrected chi connectivity index (χ4v) is 1.72. The molecule has 106 valence electrons. The van der Waals surface area contributed by atoms with Crippen LogP contribution >= 0.6 is 0 Å². The molecule has 1 N–H and O–H groups in total. The minimum atomic E-state index is -0.0169. The van der Waals surface area contributed by atoms with Crippen LogP contribution in [0.15, 0.2) is 28.8 Å². The average molecular weight is 275 g/mol. The quantitative estimate of drug-likeness (QED) is 0.870. The van der Waals surface area contributed by atoms with E-state index < -0.39 is 0 Å². The van der Waals surface area contributed by atoms with Gasteiger partial charge in [-0.05, 0) is 31.2 Å². The van der Waals surface area contributed by atoms with Gasteiger partial charge in [-0.2, -0.15) is 4.98 Å². The number of benzene rings is 1. The molecule has 0 radical (unpaired) electrons. The van der Waals surface area contributed by atoms with E-state index in [1.54, 1.807) is 7.11 Å². The molecule has 1 heterocycles. The smallest absolute Gasteiger partial charge is 0.227 e. The molecule has 1 aromatic carbocycles. The number of carbonyl (C=O) groups is 1. The van der Waals surface area contributed by atoms with Crippen molar-refractivity contribution in [3.63, 3.8) is 0 Å². The number of ether oxygens (including phenoxy) is 1. The first-order chi connectivity index (χ1) is 9.72. The molecule has 0 spiro atoms. The van der Waals surface area contributed by atoms with Crippen LogP contribution in [0.2, 0.25) is 0 Å². The lowest BCUT2D eigenvalue weighted by molar-refractivity contribution is -0.121. The van der Waals surface area contributed by atoms with Crippen LogP contribution in [0.4, 0.5) is 0 Å². The maximum atomic E-state index is 11.3. The maximum absolute atomic E-state index is 11.3. The van der Waals surface area contributed by atoms with Crippen LogP contribution < -0.4 is 10.1 Å². The molecule has 0 bridgehead atoms. The van der Waals surface area contributed by atoms with E-state index in [1.807, 2.05) is 31.2 Å². The number of aromatic nitrogens is 2. The molecule has 6 heteroatoms. The van der Waals surface area contributed by atoms with Crippen molar-refractivity contribution in [2.75, 3.05) is 13.7 Å². The van der Waals surface area contributed by atoms with Crippen LogP contribution in [0.25, 0.3) is 11.4 Å². The number of hydrogen-bond donors (Lipinski definition) is 1. The zero-order valence-electron chi connectivity index (χ0n) is 11.5. The van der Waals surface area contributed by atoms with Crippen LogP contribution in [0.1, 0.15) is 19.2 Å². The highest BCUT2D eigenvalue weighted by molar-refractivity contribution is 5.75. The largest absolute Gasteiger partial charge is 0.497 e. The Bertz CT molecular complexity index is 563. The number of rotatable bonds is 6. The van der Waals surface area contributed by atoms with Crippen molar-refractivity contribution in [2.45, 2.75) is 19.8 Å². The summed E-state index contributed by atoms with van der Waals surface area (Å²) < 4.78 is 10.2. The van der Waals surface area contributed by atoms with Gasteiger partial charge in [0.25, 0.3) is 0 Å². The molecule has 1 amide bonds. The summed E-state index contributed by atoms with van der Waals surface area (Å²) >= 11 is 0. The normalized spacial score (nSPS) is 10.3. The molecule has 0 unspecified atom stereocenters. The van der Waals surface area contributed by atoms with E-state index in [1.165, 1.54) is 0 Å². The predicted octanol–water partition coefficient (Wildman–Crippen LogP) is 1.81. The number of carbonyl (C=O) groups excluding carboxylic acids is 1. The molecule has 2 rings (SSSR count). The van der Waals surface area contributed by atoms with Crippen LogP contribution in [0.5, 0.6) is 5.75 Å². The van der Waals surface area contributed by atoms with E-state index in [9.17, 15) is 4.79 Å². The Labute approximate surface area is 117 Å². The van der Waals surface area contributed by atoms with E-state index in [-0.39, 0.29) is 5.91 Å². The Morgan fingerprint density at radius 1 is 1.35 bits per heavy atom. The first kappa shape index (κ1) is 14.0. The molecule has 6 nitrogen and oxygen atoms in total. The monoisotopic (exact) mass is 275 g/mol. The molecule has 20 heavy (non-hydrogen) atoms. The third-order valence-electron chi connectivity index (χ3n) is 2.76. The van der Waals surface area contributed by atoms with E-state index in [0.29, 0.717) is 31.1 Å². The summed E-state index contributed by atoms with van der Waals surface area (Å²) in [7, 11) is 1.61. The highest BCUT2D eigenvalue weighted by Crippen LogP contribution is 2.19. The van der Waals surface area contributed by atoms with Gasteiger partial charge >= 0.3 is 0 Å². The van der Waals surface area contributed by atoms with Gasteiger partial charge in [0.2, 0.25) is 17.6 Å². The minimum absolute atomic E-state index is 0.0169. The second-order valence-electron chi connectivity index (χ2n) is 4.19. The second kappa shape index (κ2) is 6.70. The van der Waals surface area contributed by atoms with Crippen LogP contribution in [0, 0.1) is 0 Å². The first-order valence-electron chi connectivity index (χ1n) is 6.46. The van der Waals surface area contributed by atoms with Crippen molar-refractivity contribution in [1.29, 1.82) is 0 Å². The van der Waals surface area contributed by atoms with Crippen molar-refractivity contribution in [2.24, 2.45) is 0 Å². The summed E-state index contributed by atoms with van der Waals surface area (Å²) in [4.78, 5) is 15.6. The number of amides is 1. The van der Waals surface area contributed by atoms with Gasteiger partial charge in [-0.15, -0.1) is 0 Å². The van der Waals surface area contributed by atoms with E-state index in [0.717, 1.165) is 11.3 Å². The van der Waals surface area contributed by atoms with Crippen LogP contribution in [-0.2, 0) is 11.2 Å². The van der Waals surface area contributed by atoms with Crippen LogP contribution in [-0.4, -0.2) is 29.7 Å². The molecule has 2 aromatic rings. The van der Waals surface area contributed by atoms with E-state index >= 15 is 0 Å². The summed E-state index contributed by atoms with van der Waals surface area (Å²) in [6, 6.07) is 7.38. The fourth-order valence-electron chi connectivity index (χ4n) is 1.72. The Morgan fingerprint density at radius 2 is 2.10 bits per heavy atom. The molecule has 0 aliphatic heterocycles. The van der Waals surface area contributed by atoms with Gasteiger partial charge in [-0.3, -0.25) is 4.79 Å². The van der Waals surface area contributed by atoms with Crippen molar-refractivity contribution in [1.82, 2.24) is 15.5 Å². The van der Waals surface area contributed by atoms with Gasteiger partial charge in [0.05, 0.1) is 7.11 Å². The molecule has 0 saturated heterocycles. The van der Waals surface area contributed by atoms with E-state index in [2.05, 4.69) is 15.5 Å². The molecular formula is C14H17N3O3. The molecular weight excluding hydrogens is 258 g/mol. The van der Waals surface area contributed by atoms with Gasteiger partial charge in [0.15, 0.2) is 0 Å². The van der Waals surface area contributed by atoms with Gasteiger partial charge < -0.3 is 14.6 Å². The zero-order valence-corrected chi connectivity index (χ0v) is 11.5. The summed E-state index contributed by atoms with van der Waals surface area (Å²) in [5, 5.41) is 6.63. The Hall–Kier alpha value is -2.37. The van der Waals surface area contributed by atoms with Crippen molar-refractivity contribution in [3.05, 3.63) is 30.2 Å². The van der Waals surface area contributed by atoms with Crippen molar-refractivity contribution < 1.29 is 14.1 Å². The van der Waals surface area contributed by atoms with Gasteiger partial charge in [0.1, 0.15) is 5.75 Å². The number of nitrogens with one attached hydrogen (secondary N) is 1. The lowest BCUT2D eigenvalue weighted by atomic mass is 10.2. The predicted molar refractivity (Wildman–Crippen MR) is 73.3 cm³/mol. The third kappa shape index (κ3) is 3.57. The molecule has 0 aliphatic carbocycles. The molecule has 0 aliphatic rings. The second-order valence-corrected chi connectivity index (χ2v) is 4.19. The molecule has 0 atom stereocenters. The zero-order chi connectivity index (χ0) is 14.4. The van der Waals surface area contributed by atoms with Gasteiger partial charge in [-0.25, -0.2) is 0 Å². The van der Waals surface area contributed by atoms with Crippen molar-refractivity contribution in [3.8, 4) is 17.1 Å². The summed E-state index contributed by atoms with van der Waals surface area (Å²) in [5.74, 6) is 1.73. The number of aryl methyl sites for hydroxylation is 1. The van der Waals surface area contributed by atoms with Crippen molar-refractivity contribution >= 4 is 5.91 Å². The standard InChI is InChI=1S/C14H17N3O3/c1-3-15-12(18)8-9-13-16-14(17-20-13)10-4-6-11(19-2)7-5-10/h4-7H,3,8-9H2,1-2H3,(H,15,18). The number of nitrogens with zero attached hydrogens (tertiary/aromatic N) is 2. The topological polar surface area (TPSA) is 77.2 Å². The molecule has 0 saturated carbocycles. The highest BCUT2D eigenvalue weighted by Gasteiger charge is 2.10.